The Kier molecular flexibility index (Phi) is 5.81. The molecule has 90 valence electrons. The van der Waals surface area contributed by atoms with Gasteiger partial charge in [-0.25, -0.2) is 0 Å². The van der Waals surface area contributed by atoms with Crippen molar-refractivity contribution >= 4 is 11.6 Å². The highest BCUT2D eigenvalue weighted by molar-refractivity contribution is 6.30. The van der Waals surface area contributed by atoms with Gasteiger partial charge in [-0.15, -0.1) is 0 Å². The highest BCUT2D eigenvalue weighted by Gasteiger charge is 2.18. The Morgan fingerprint density at radius 3 is 2.38 bits per heavy atom. The predicted octanol–water partition coefficient (Wildman–Crippen LogP) is 3.42. The fourth-order valence-corrected chi connectivity index (χ4v) is 1.93. The molecule has 0 spiro atoms. The fourth-order valence-electron chi connectivity index (χ4n) is 1.80. The maximum atomic E-state index is 5.88. The van der Waals surface area contributed by atoms with Gasteiger partial charge in [0.1, 0.15) is 0 Å². The van der Waals surface area contributed by atoms with Crippen LogP contribution in [0.4, 0.5) is 0 Å². The van der Waals surface area contributed by atoms with Crippen molar-refractivity contribution in [3.63, 3.8) is 0 Å². The Bertz CT molecular complexity index is 299. The summed E-state index contributed by atoms with van der Waals surface area (Å²) < 4.78 is 5.65. The molecular weight excluding hydrogens is 222 g/mol. The molecule has 1 N–H and O–H groups in total. The summed E-state index contributed by atoms with van der Waals surface area (Å²) in [6, 6.07) is 8.15. The standard InChI is InChI=1S/C13H20ClNO/c1-4-15-13(10(3)16-5-2)11-6-8-12(14)9-7-11/h6-10,13,15H,4-5H2,1-3H3. The second-order valence-electron chi connectivity index (χ2n) is 3.75. The first-order valence-corrected chi connectivity index (χ1v) is 6.17. The number of benzene rings is 1. The molecule has 3 heteroatoms. The first kappa shape index (κ1) is 13.5. The largest absolute Gasteiger partial charge is 0.377 e. The van der Waals surface area contributed by atoms with Crippen molar-refractivity contribution in [3.05, 3.63) is 34.9 Å². The number of hydrogen-bond donors (Lipinski definition) is 1. The van der Waals surface area contributed by atoms with E-state index in [1.54, 1.807) is 0 Å². The van der Waals surface area contributed by atoms with Crippen LogP contribution >= 0.6 is 11.6 Å². The lowest BCUT2D eigenvalue weighted by Crippen LogP contribution is -2.31. The van der Waals surface area contributed by atoms with Crippen LogP contribution in [-0.2, 0) is 4.74 Å². The van der Waals surface area contributed by atoms with Crippen LogP contribution in [0.1, 0.15) is 32.4 Å². The summed E-state index contributed by atoms with van der Waals surface area (Å²) in [7, 11) is 0. The van der Waals surface area contributed by atoms with Gasteiger partial charge in [0.05, 0.1) is 12.1 Å². The molecule has 0 aliphatic heterocycles. The third-order valence-electron chi connectivity index (χ3n) is 2.55. The fraction of sp³-hybridized carbons (Fsp3) is 0.538. The summed E-state index contributed by atoms with van der Waals surface area (Å²) in [6.07, 6.45) is 0.158. The number of ether oxygens (including phenoxy) is 1. The zero-order chi connectivity index (χ0) is 12.0. The highest BCUT2D eigenvalue weighted by atomic mass is 35.5. The average Bonchev–Trinajstić information content (AvgIpc) is 2.28. The van der Waals surface area contributed by atoms with Crippen LogP contribution in [0, 0.1) is 0 Å². The summed E-state index contributed by atoms with van der Waals surface area (Å²) >= 11 is 5.88. The van der Waals surface area contributed by atoms with Crippen molar-refractivity contribution in [3.8, 4) is 0 Å². The van der Waals surface area contributed by atoms with Crippen molar-refractivity contribution < 1.29 is 4.74 Å². The van der Waals surface area contributed by atoms with Crippen LogP contribution in [-0.4, -0.2) is 19.3 Å². The van der Waals surface area contributed by atoms with Crippen LogP contribution in [0.3, 0.4) is 0 Å². The number of halogens is 1. The van der Waals surface area contributed by atoms with E-state index < -0.39 is 0 Å². The summed E-state index contributed by atoms with van der Waals surface area (Å²) in [5, 5.41) is 4.20. The average molecular weight is 242 g/mol. The van der Waals surface area contributed by atoms with E-state index in [-0.39, 0.29) is 12.1 Å². The van der Waals surface area contributed by atoms with Gasteiger partial charge < -0.3 is 10.1 Å². The summed E-state index contributed by atoms with van der Waals surface area (Å²) in [5.74, 6) is 0. The lowest BCUT2D eigenvalue weighted by Gasteiger charge is -2.25. The van der Waals surface area contributed by atoms with Crippen molar-refractivity contribution in [2.75, 3.05) is 13.2 Å². The van der Waals surface area contributed by atoms with Crippen molar-refractivity contribution in [2.24, 2.45) is 0 Å². The smallest absolute Gasteiger partial charge is 0.0741 e. The van der Waals surface area contributed by atoms with Gasteiger partial charge in [0.25, 0.3) is 0 Å². The maximum absolute atomic E-state index is 5.88. The van der Waals surface area contributed by atoms with Crippen LogP contribution < -0.4 is 5.32 Å². The lowest BCUT2D eigenvalue weighted by molar-refractivity contribution is 0.0477. The van der Waals surface area contributed by atoms with Crippen LogP contribution in [0.5, 0.6) is 0 Å². The maximum Gasteiger partial charge on any atom is 0.0741 e. The number of rotatable bonds is 6. The van der Waals surface area contributed by atoms with E-state index in [0.29, 0.717) is 0 Å². The van der Waals surface area contributed by atoms with Crippen LogP contribution in [0.2, 0.25) is 5.02 Å². The number of nitrogens with one attached hydrogen (secondary N) is 1. The molecule has 0 aliphatic carbocycles. The van der Waals surface area contributed by atoms with Crippen molar-refractivity contribution in [2.45, 2.75) is 32.9 Å². The molecule has 0 saturated heterocycles. The molecule has 0 fully saturated rings. The minimum absolute atomic E-state index is 0.158. The minimum Gasteiger partial charge on any atom is -0.377 e. The Balaban J connectivity index is 2.79. The van der Waals surface area contributed by atoms with E-state index in [9.17, 15) is 0 Å². The van der Waals surface area contributed by atoms with Gasteiger partial charge in [-0.1, -0.05) is 30.7 Å². The van der Waals surface area contributed by atoms with E-state index in [2.05, 4.69) is 19.2 Å². The van der Waals surface area contributed by atoms with E-state index in [4.69, 9.17) is 16.3 Å². The monoisotopic (exact) mass is 241 g/mol. The molecule has 2 atom stereocenters. The molecule has 0 aliphatic rings. The van der Waals surface area contributed by atoms with Gasteiger partial charge in [-0.05, 0) is 38.1 Å². The molecule has 1 rings (SSSR count). The molecule has 2 unspecified atom stereocenters. The Morgan fingerprint density at radius 2 is 1.88 bits per heavy atom. The normalized spacial score (nSPS) is 14.8. The zero-order valence-electron chi connectivity index (χ0n) is 10.2. The first-order valence-electron chi connectivity index (χ1n) is 5.79. The second kappa shape index (κ2) is 6.89. The molecule has 2 nitrogen and oxygen atoms in total. The molecule has 0 aromatic heterocycles. The quantitative estimate of drug-likeness (QED) is 0.824. The molecule has 0 saturated carbocycles. The second-order valence-corrected chi connectivity index (χ2v) is 4.18. The van der Waals surface area contributed by atoms with Gasteiger partial charge in [0, 0.05) is 11.6 Å². The van der Waals surface area contributed by atoms with Gasteiger partial charge in [-0.2, -0.15) is 0 Å². The molecule has 0 bridgehead atoms. The molecule has 16 heavy (non-hydrogen) atoms. The van der Waals surface area contributed by atoms with Crippen LogP contribution in [0.25, 0.3) is 0 Å². The first-order chi connectivity index (χ1) is 7.69. The van der Waals surface area contributed by atoms with Gasteiger partial charge in [0.2, 0.25) is 0 Å². The number of hydrogen-bond acceptors (Lipinski definition) is 2. The molecule has 1 aromatic carbocycles. The Labute approximate surface area is 103 Å². The Hall–Kier alpha value is -0.570. The highest BCUT2D eigenvalue weighted by Crippen LogP contribution is 2.21. The number of likely N-dealkylation sites (N-methyl/N-ethyl adjacent to an activating group) is 1. The molecule has 0 heterocycles. The third kappa shape index (κ3) is 3.78. The molecular formula is C13H20ClNO. The summed E-state index contributed by atoms with van der Waals surface area (Å²) in [5.41, 5.74) is 1.22. The van der Waals surface area contributed by atoms with E-state index >= 15 is 0 Å². The van der Waals surface area contributed by atoms with E-state index in [0.717, 1.165) is 18.2 Å². The zero-order valence-corrected chi connectivity index (χ0v) is 10.9. The van der Waals surface area contributed by atoms with Crippen molar-refractivity contribution in [1.82, 2.24) is 5.32 Å². The van der Waals surface area contributed by atoms with Gasteiger partial charge >= 0.3 is 0 Å². The van der Waals surface area contributed by atoms with Crippen LogP contribution in [0.15, 0.2) is 24.3 Å². The topological polar surface area (TPSA) is 21.3 Å². The molecule has 0 amide bonds. The summed E-state index contributed by atoms with van der Waals surface area (Å²) in [6.45, 7) is 7.86. The Morgan fingerprint density at radius 1 is 1.25 bits per heavy atom. The van der Waals surface area contributed by atoms with E-state index in [1.807, 2.05) is 31.2 Å². The predicted molar refractivity (Wildman–Crippen MR) is 69.0 cm³/mol. The summed E-state index contributed by atoms with van der Waals surface area (Å²) in [4.78, 5) is 0. The van der Waals surface area contributed by atoms with Crippen molar-refractivity contribution in [1.29, 1.82) is 0 Å². The molecule has 0 radical (unpaired) electrons. The SMILES string of the molecule is CCNC(c1ccc(Cl)cc1)C(C)OCC. The lowest BCUT2D eigenvalue weighted by atomic mass is 10.0. The molecule has 1 aromatic rings. The third-order valence-corrected chi connectivity index (χ3v) is 2.80. The van der Waals surface area contributed by atoms with E-state index in [1.165, 1.54) is 5.56 Å². The van der Waals surface area contributed by atoms with Gasteiger partial charge in [0.15, 0.2) is 0 Å². The van der Waals surface area contributed by atoms with Gasteiger partial charge in [-0.3, -0.25) is 0 Å². The minimum atomic E-state index is 0.158.